The van der Waals surface area contributed by atoms with E-state index >= 15 is 0 Å². The molecule has 184 valence electrons. The molecule has 0 bridgehead atoms. The predicted octanol–water partition coefficient (Wildman–Crippen LogP) is 4.01. The molecular formula is C28H31N7O. The average molecular weight is 482 g/mol. The topological polar surface area (TPSA) is 90.9 Å². The highest BCUT2D eigenvalue weighted by Crippen LogP contribution is 2.29. The molecule has 1 unspecified atom stereocenters. The number of nitrogens with zero attached hydrogens (tertiary/aromatic N) is 6. The number of fused-ring (bicyclic) bond motifs is 1. The van der Waals surface area contributed by atoms with Crippen molar-refractivity contribution in [2.75, 3.05) is 26.2 Å². The summed E-state index contributed by atoms with van der Waals surface area (Å²) < 4.78 is 0. The largest absolute Gasteiger partial charge is 0.342 e. The van der Waals surface area contributed by atoms with Gasteiger partial charge in [0.1, 0.15) is 12.2 Å². The van der Waals surface area contributed by atoms with E-state index in [0.717, 1.165) is 72.8 Å². The Morgan fingerprint density at radius 3 is 2.67 bits per heavy atom. The Balaban J connectivity index is 1.12. The summed E-state index contributed by atoms with van der Waals surface area (Å²) in [5.74, 6) is 1.55. The third-order valence-corrected chi connectivity index (χ3v) is 7.71. The number of rotatable bonds is 6. The number of imidazole rings is 1. The van der Waals surface area contributed by atoms with E-state index in [9.17, 15) is 4.79 Å². The van der Waals surface area contributed by atoms with Crippen LogP contribution in [0, 0.1) is 5.92 Å². The van der Waals surface area contributed by atoms with Crippen molar-refractivity contribution in [3.05, 3.63) is 72.2 Å². The first-order chi connectivity index (χ1) is 17.6. The van der Waals surface area contributed by atoms with Gasteiger partial charge in [0.25, 0.3) is 0 Å². The first-order valence-corrected chi connectivity index (χ1v) is 12.9. The summed E-state index contributed by atoms with van der Waals surface area (Å²) in [6.07, 6.45) is 9.20. The minimum Gasteiger partial charge on any atom is -0.342 e. The Labute approximate surface area is 210 Å². The van der Waals surface area contributed by atoms with Crippen LogP contribution in [0.1, 0.15) is 49.3 Å². The lowest BCUT2D eigenvalue weighted by molar-refractivity contribution is -0.140. The van der Waals surface area contributed by atoms with Crippen LogP contribution in [-0.4, -0.2) is 66.8 Å². The van der Waals surface area contributed by atoms with E-state index in [1.54, 1.807) is 12.5 Å². The Morgan fingerprint density at radius 2 is 1.92 bits per heavy atom. The van der Waals surface area contributed by atoms with Gasteiger partial charge in [0.05, 0.1) is 16.7 Å². The van der Waals surface area contributed by atoms with Gasteiger partial charge < -0.3 is 9.88 Å². The van der Waals surface area contributed by atoms with Crippen molar-refractivity contribution < 1.29 is 4.79 Å². The molecule has 4 aromatic rings. The highest BCUT2D eigenvalue weighted by atomic mass is 16.2. The fourth-order valence-corrected chi connectivity index (χ4v) is 5.25. The molecule has 6 rings (SSSR count). The van der Waals surface area contributed by atoms with Crippen LogP contribution in [0.25, 0.3) is 22.3 Å². The second kappa shape index (κ2) is 9.78. The highest BCUT2D eigenvalue weighted by Gasteiger charge is 2.32. The molecule has 1 aromatic carbocycles. The molecular weight excluding hydrogens is 450 g/mol. The lowest BCUT2D eigenvalue weighted by Gasteiger charge is -2.40. The van der Waals surface area contributed by atoms with Gasteiger partial charge in [0.2, 0.25) is 5.91 Å². The molecule has 4 heterocycles. The van der Waals surface area contributed by atoms with Crippen molar-refractivity contribution in [1.82, 2.24) is 34.7 Å². The molecule has 0 radical (unpaired) electrons. The van der Waals surface area contributed by atoms with Crippen LogP contribution >= 0.6 is 0 Å². The number of benzene rings is 1. The quantitative estimate of drug-likeness (QED) is 0.447. The van der Waals surface area contributed by atoms with Crippen molar-refractivity contribution in [3.8, 4) is 11.3 Å². The number of H-pyrrole nitrogens is 1. The van der Waals surface area contributed by atoms with E-state index < -0.39 is 0 Å². The van der Waals surface area contributed by atoms with Gasteiger partial charge in [0.15, 0.2) is 0 Å². The smallest absolute Gasteiger partial charge is 0.225 e. The molecule has 1 saturated carbocycles. The lowest BCUT2D eigenvalue weighted by Crippen LogP contribution is -2.51. The van der Waals surface area contributed by atoms with Crippen LogP contribution in [0.3, 0.4) is 0 Å². The molecule has 1 amide bonds. The molecule has 1 aliphatic carbocycles. The number of hydrogen-bond donors (Lipinski definition) is 1. The SMILES string of the molecule is CC(c1ccnc(Cc2nc3ccc(-c4ccncn4)cc3[nH]2)c1)N1CCN(C(=O)C2CCC2)CC1. The Kier molecular flexibility index (Phi) is 6.19. The van der Waals surface area contributed by atoms with E-state index in [-0.39, 0.29) is 12.0 Å². The second-order valence-electron chi connectivity index (χ2n) is 9.93. The zero-order valence-corrected chi connectivity index (χ0v) is 20.6. The number of amides is 1. The summed E-state index contributed by atoms with van der Waals surface area (Å²) in [6, 6.07) is 12.6. The molecule has 1 aliphatic heterocycles. The van der Waals surface area contributed by atoms with Gasteiger partial charge in [-0.3, -0.25) is 14.7 Å². The third-order valence-electron chi connectivity index (χ3n) is 7.71. The molecule has 8 heteroatoms. The minimum atomic E-state index is 0.277. The zero-order chi connectivity index (χ0) is 24.5. The lowest BCUT2D eigenvalue weighted by atomic mass is 9.84. The summed E-state index contributed by atoms with van der Waals surface area (Å²) in [7, 11) is 0. The summed E-state index contributed by atoms with van der Waals surface area (Å²) in [6.45, 7) is 5.73. The Morgan fingerprint density at radius 1 is 1.06 bits per heavy atom. The molecule has 3 aromatic heterocycles. The molecule has 0 spiro atoms. The fourth-order valence-electron chi connectivity index (χ4n) is 5.25. The number of aromatic nitrogens is 5. The first-order valence-electron chi connectivity index (χ1n) is 12.9. The second-order valence-corrected chi connectivity index (χ2v) is 9.93. The summed E-state index contributed by atoms with van der Waals surface area (Å²) in [5.41, 5.74) is 6.08. The highest BCUT2D eigenvalue weighted by molar-refractivity contribution is 5.81. The molecule has 36 heavy (non-hydrogen) atoms. The van der Waals surface area contributed by atoms with Crippen LogP contribution in [0.4, 0.5) is 0 Å². The number of aromatic amines is 1. The monoisotopic (exact) mass is 481 g/mol. The average Bonchev–Trinajstić information content (AvgIpc) is 3.29. The van der Waals surface area contributed by atoms with Crippen LogP contribution in [0.5, 0.6) is 0 Å². The van der Waals surface area contributed by atoms with Gasteiger partial charge in [-0.15, -0.1) is 0 Å². The summed E-state index contributed by atoms with van der Waals surface area (Å²) in [4.78, 5) is 38.3. The summed E-state index contributed by atoms with van der Waals surface area (Å²) in [5, 5.41) is 0. The van der Waals surface area contributed by atoms with Crippen molar-refractivity contribution in [2.24, 2.45) is 5.92 Å². The number of piperazine rings is 1. The van der Waals surface area contributed by atoms with E-state index in [1.807, 2.05) is 24.4 Å². The van der Waals surface area contributed by atoms with Gasteiger partial charge in [-0.1, -0.05) is 12.5 Å². The molecule has 8 nitrogen and oxygen atoms in total. The molecule has 1 saturated heterocycles. The summed E-state index contributed by atoms with van der Waals surface area (Å²) >= 11 is 0. The Hall–Kier alpha value is -3.65. The predicted molar refractivity (Wildman–Crippen MR) is 138 cm³/mol. The molecule has 2 fully saturated rings. The first kappa shape index (κ1) is 22.8. The Bertz CT molecular complexity index is 1360. The normalized spacial score (nSPS) is 17.8. The molecule has 1 atom stereocenters. The molecule has 2 aliphatic rings. The number of carbonyl (C=O) groups is 1. The van der Waals surface area contributed by atoms with Gasteiger partial charge in [-0.2, -0.15) is 0 Å². The van der Waals surface area contributed by atoms with Gasteiger partial charge in [0, 0.05) is 68.2 Å². The van der Waals surface area contributed by atoms with Crippen molar-refractivity contribution in [1.29, 1.82) is 0 Å². The molecule has 1 N–H and O–H groups in total. The maximum absolute atomic E-state index is 12.6. The minimum absolute atomic E-state index is 0.277. The van der Waals surface area contributed by atoms with Crippen LogP contribution in [0.15, 0.2) is 55.1 Å². The van der Waals surface area contributed by atoms with Crippen LogP contribution in [-0.2, 0) is 11.2 Å². The van der Waals surface area contributed by atoms with E-state index in [1.165, 1.54) is 12.0 Å². The van der Waals surface area contributed by atoms with Gasteiger partial charge >= 0.3 is 0 Å². The number of carbonyl (C=O) groups excluding carboxylic acids is 1. The zero-order valence-electron chi connectivity index (χ0n) is 20.6. The van der Waals surface area contributed by atoms with Crippen molar-refractivity contribution in [2.45, 2.75) is 38.6 Å². The van der Waals surface area contributed by atoms with Gasteiger partial charge in [-0.25, -0.2) is 15.0 Å². The van der Waals surface area contributed by atoms with E-state index in [0.29, 0.717) is 12.3 Å². The number of pyridine rings is 1. The van der Waals surface area contributed by atoms with Gasteiger partial charge in [-0.05, 0) is 55.7 Å². The van der Waals surface area contributed by atoms with Crippen molar-refractivity contribution in [3.63, 3.8) is 0 Å². The van der Waals surface area contributed by atoms with E-state index in [4.69, 9.17) is 4.98 Å². The van der Waals surface area contributed by atoms with Crippen molar-refractivity contribution >= 4 is 16.9 Å². The maximum Gasteiger partial charge on any atom is 0.225 e. The maximum atomic E-state index is 12.6. The third kappa shape index (κ3) is 4.60. The number of nitrogens with one attached hydrogen (secondary N) is 1. The number of hydrogen-bond acceptors (Lipinski definition) is 6. The van der Waals surface area contributed by atoms with Crippen LogP contribution in [0.2, 0.25) is 0 Å². The van der Waals surface area contributed by atoms with Crippen LogP contribution < -0.4 is 0 Å². The fraction of sp³-hybridized carbons (Fsp3) is 0.393. The standard InChI is InChI=1S/C28H31N7O/c1-19(34-11-13-35(14-12-34)28(36)20-3-2-4-20)21-7-10-30-23(15-21)17-27-32-25-6-5-22(16-26(25)33-27)24-8-9-29-18-31-24/h5-10,15-16,18-20H,2-4,11-14,17H2,1H3,(H,32,33). The van der Waals surface area contributed by atoms with E-state index in [2.05, 4.69) is 54.9 Å².